The molecule has 0 saturated carbocycles. The minimum Gasteiger partial charge on any atom is -0.0925 e. The van der Waals surface area contributed by atoms with Crippen LogP contribution in [0.25, 0.3) is 0 Å². The predicted molar refractivity (Wildman–Crippen MR) is 94.8 cm³/mol. The first kappa shape index (κ1) is 17.8. The van der Waals surface area contributed by atoms with Gasteiger partial charge in [-0.3, -0.25) is 0 Å². The van der Waals surface area contributed by atoms with Gasteiger partial charge in [-0.05, 0) is 36.8 Å². The molecule has 0 aliphatic rings. The van der Waals surface area contributed by atoms with E-state index in [9.17, 15) is 0 Å². The van der Waals surface area contributed by atoms with Crippen molar-refractivity contribution in [1.82, 2.24) is 0 Å². The molecule has 1 heteroatoms. The molecule has 0 nitrogen and oxygen atoms in total. The van der Waals surface area contributed by atoms with Crippen molar-refractivity contribution in [2.24, 2.45) is 5.92 Å². The molecule has 114 valence electrons. The van der Waals surface area contributed by atoms with Gasteiger partial charge in [-0.15, -0.1) is 0 Å². The average molecular weight is 339 g/mol. The van der Waals surface area contributed by atoms with Crippen molar-refractivity contribution in [3.63, 3.8) is 0 Å². The molecule has 1 rings (SSSR count). The minimum atomic E-state index is 0.798. The third kappa shape index (κ3) is 7.47. The molecule has 1 aromatic carbocycles. The summed E-state index contributed by atoms with van der Waals surface area (Å²) in [4.78, 5) is 0. The molecule has 0 bridgehead atoms. The lowest BCUT2D eigenvalue weighted by Gasteiger charge is -2.15. The van der Waals surface area contributed by atoms with Crippen molar-refractivity contribution < 1.29 is 0 Å². The number of halogens is 1. The Hall–Kier alpha value is -0.300. The Kier molecular flexibility index (Phi) is 10.1. The molecule has 20 heavy (non-hydrogen) atoms. The molecule has 0 fully saturated rings. The van der Waals surface area contributed by atoms with Crippen LogP contribution in [-0.4, -0.2) is 5.33 Å². The van der Waals surface area contributed by atoms with Crippen LogP contribution in [0.5, 0.6) is 0 Å². The van der Waals surface area contributed by atoms with Crippen molar-refractivity contribution in [2.45, 2.75) is 71.6 Å². The monoisotopic (exact) mass is 338 g/mol. The van der Waals surface area contributed by atoms with E-state index in [4.69, 9.17) is 0 Å². The third-order valence-electron chi connectivity index (χ3n) is 4.20. The molecule has 1 aromatic rings. The SMILES string of the molecule is CCCCCCCCCC(CBr)Cc1ccccc1C. The Morgan fingerprint density at radius 2 is 1.60 bits per heavy atom. The fourth-order valence-electron chi connectivity index (χ4n) is 2.77. The molecule has 0 aliphatic carbocycles. The second-order valence-electron chi connectivity index (χ2n) is 6.06. The molecule has 1 unspecified atom stereocenters. The van der Waals surface area contributed by atoms with Crippen LogP contribution in [0.15, 0.2) is 24.3 Å². The summed E-state index contributed by atoms with van der Waals surface area (Å²) in [5.41, 5.74) is 2.97. The van der Waals surface area contributed by atoms with Gasteiger partial charge in [0.15, 0.2) is 0 Å². The van der Waals surface area contributed by atoms with E-state index in [1.807, 2.05) is 0 Å². The van der Waals surface area contributed by atoms with Gasteiger partial charge in [0.1, 0.15) is 0 Å². The van der Waals surface area contributed by atoms with Gasteiger partial charge in [-0.2, -0.15) is 0 Å². The predicted octanol–water partition coefficient (Wildman–Crippen LogP) is 6.69. The van der Waals surface area contributed by atoms with E-state index in [-0.39, 0.29) is 0 Å². The number of aryl methyl sites for hydroxylation is 1. The van der Waals surface area contributed by atoms with Crippen LogP contribution in [0.3, 0.4) is 0 Å². The third-order valence-corrected chi connectivity index (χ3v) is 5.12. The zero-order valence-electron chi connectivity index (χ0n) is 13.3. The molecule has 0 heterocycles. The fourth-order valence-corrected chi connectivity index (χ4v) is 3.33. The minimum absolute atomic E-state index is 0.798. The summed E-state index contributed by atoms with van der Waals surface area (Å²) in [5.74, 6) is 0.798. The first-order valence-electron chi connectivity index (χ1n) is 8.38. The van der Waals surface area contributed by atoms with Gasteiger partial charge in [0.2, 0.25) is 0 Å². The van der Waals surface area contributed by atoms with Crippen molar-refractivity contribution in [2.75, 3.05) is 5.33 Å². The van der Waals surface area contributed by atoms with Gasteiger partial charge in [-0.1, -0.05) is 92.1 Å². The number of hydrogen-bond donors (Lipinski definition) is 0. The first-order chi connectivity index (χ1) is 9.77. The standard InChI is InChI=1S/C19H31Br/c1-3-4-5-6-7-8-9-13-18(16-20)15-19-14-11-10-12-17(19)2/h10-12,14,18H,3-9,13,15-16H2,1-2H3. The molecule has 0 amide bonds. The van der Waals surface area contributed by atoms with E-state index in [2.05, 4.69) is 54.0 Å². The lowest BCUT2D eigenvalue weighted by atomic mass is 9.93. The summed E-state index contributed by atoms with van der Waals surface area (Å²) >= 11 is 3.70. The zero-order chi connectivity index (χ0) is 14.6. The van der Waals surface area contributed by atoms with E-state index < -0.39 is 0 Å². The fraction of sp³-hybridized carbons (Fsp3) is 0.684. The van der Waals surface area contributed by atoms with Gasteiger partial charge in [0.25, 0.3) is 0 Å². The molecule has 0 N–H and O–H groups in total. The van der Waals surface area contributed by atoms with Crippen LogP contribution in [0, 0.1) is 12.8 Å². The largest absolute Gasteiger partial charge is 0.0925 e. The van der Waals surface area contributed by atoms with E-state index in [1.165, 1.54) is 68.9 Å². The van der Waals surface area contributed by atoms with Crippen LogP contribution in [0.2, 0.25) is 0 Å². The molecular weight excluding hydrogens is 308 g/mol. The summed E-state index contributed by atoms with van der Waals surface area (Å²) in [7, 11) is 0. The van der Waals surface area contributed by atoms with Crippen molar-refractivity contribution in [3.05, 3.63) is 35.4 Å². The van der Waals surface area contributed by atoms with E-state index in [1.54, 1.807) is 0 Å². The number of rotatable bonds is 11. The first-order valence-corrected chi connectivity index (χ1v) is 9.50. The second-order valence-corrected chi connectivity index (χ2v) is 6.71. The van der Waals surface area contributed by atoms with Crippen LogP contribution in [0.4, 0.5) is 0 Å². The quantitative estimate of drug-likeness (QED) is 0.311. The Bertz CT molecular complexity index is 345. The van der Waals surface area contributed by atoms with Gasteiger partial charge in [0, 0.05) is 5.33 Å². The number of hydrogen-bond acceptors (Lipinski definition) is 0. The van der Waals surface area contributed by atoms with Crippen molar-refractivity contribution in [3.8, 4) is 0 Å². The normalized spacial score (nSPS) is 12.6. The lowest BCUT2D eigenvalue weighted by Crippen LogP contribution is -2.07. The Morgan fingerprint density at radius 3 is 2.25 bits per heavy atom. The lowest BCUT2D eigenvalue weighted by molar-refractivity contribution is 0.487. The molecule has 0 aromatic heterocycles. The van der Waals surface area contributed by atoms with Gasteiger partial charge < -0.3 is 0 Å². The van der Waals surface area contributed by atoms with E-state index >= 15 is 0 Å². The number of unbranched alkanes of at least 4 members (excludes halogenated alkanes) is 6. The molecule has 0 spiro atoms. The van der Waals surface area contributed by atoms with Gasteiger partial charge in [-0.25, -0.2) is 0 Å². The molecule has 0 aliphatic heterocycles. The Labute approximate surface area is 134 Å². The number of alkyl halides is 1. The van der Waals surface area contributed by atoms with Crippen molar-refractivity contribution >= 4 is 15.9 Å². The van der Waals surface area contributed by atoms with Crippen LogP contribution < -0.4 is 0 Å². The zero-order valence-corrected chi connectivity index (χ0v) is 14.9. The van der Waals surface area contributed by atoms with Gasteiger partial charge >= 0.3 is 0 Å². The molecule has 1 atom stereocenters. The maximum Gasteiger partial charge on any atom is 0.00628 e. The smallest absolute Gasteiger partial charge is 0.00628 e. The summed E-state index contributed by atoms with van der Waals surface area (Å²) in [5, 5.41) is 1.14. The molecular formula is C19H31Br. The average Bonchev–Trinajstić information content (AvgIpc) is 2.47. The highest BCUT2D eigenvalue weighted by molar-refractivity contribution is 9.09. The molecule has 0 saturated heterocycles. The highest BCUT2D eigenvalue weighted by atomic mass is 79.9. The Morgan fingerprint density at radius 1 is 0.950 bits per heavy atom. The topological polar surface area (TPSA) is 0 Å². The maximum atomic E-state index is 3.70. The van der Waals surface area contributed by atoms with Gasteiger partial charge in [0.05, 0.1) is 0 Å². The summed E-state index contributed by atoms with van der Waals surface area (Å²) in [6, 6.07) is 8.82. The second kappa shape index (κ2) is 11.4. The number of benzene rings is 1. The van der Waals surface area contributed by atoms with Crippen molar-refractivity contribution in [1.29, 1.82) is 0 Å². The summed E-state index contributed by atoms with van der Waals surface area (Å²) in [6.07, 6.45) is 12.5. The van der Waals surface area contributed by atoms with E-state index in [0.29, 0.717) is 0 Å². The molecule has 0 radical (unpaired) electrons. The summed E-state index contributed by atoms with van der Waals surface area (Å²) < 4.78 is 0. The Balaban J connectivity index is 2.18. The van der Waals surface area contributed by atoms with Crippen LogP contribution >= 0.6 is 15.9 Å². The maximum absolute atomic E-state index is 3.70. The highest BCUT2D eigenvalue weighted by Crippen LogP contribution is 2.20. The van der Waals surface area contributed by atoms with Crippen LogP contribution in [0.1, 0.15) is 69.4 Å². The van der Waals surface area contributed by atoms with Crippen LogP contribution in [-0.2, 0) is 6.42 Å². The highest BCUT2D eigenvalue weighted by Gasteiger charge is 2.09. The summed E-state index contributed by atoms with van der Waals surface area (Å²) in [6.45, 7) is 4.51. The van der Waals surface area contributed by atoms with E-state index in [0.717, 1.165) is 11.2 Å².